The Balaban J connectivity index is 2.37. The maximum atomic E-state index is 5.84. The van der Waals surface area contributed by atoms with Crippen LogP contribution in [0.15, 0.2) is 0 Å². The summed E-state index contributed by atoms with van der Waals surface area (Å²) in [6.07, 6.45) is 2.13. The first-order chi connectivity index (χ1) is 9.92. The molecular formula is C18H37BO3. The first-order valence-electron chi connectivity index (χ1n) is 8.87. The average Bonchev–Trinajstić information content (AvgIpc) is 2.33. The second kappa shape index (κ2) is 7.68. The van der Waals surface area contributed by atoms with Gasteiger partial charge in [0.15, 0.2) is 0 Å². The molecule has 0 aromatic carbocycles. The molecule has 1 aliphatic rings. The fourth-order valence-corrected chi connectivity index (χ4v) is 3.23. The molecule has 0 radical (unpaired) electrons. The van der Waals surface area contributed by atoms with Crippen LogP contribution in [-0.2, 0) is 14.0 Å². The van der Waals surface area contributed by atoms with E-state index in [1.165, 1.54) is 0 Å². The van der Waals surface area contributed by atoms with Gasteiger partial charge in [-0.1, -0.05) is 41.5 Å². The highest BCUT2D eigenvalue weighted by Gasteiger charge is 2.39. The van der Waals surface area contributed by atoms with E-state index < -0.39 is 7.32 Å². The van der Waals surface area contributed by atoms with Crippen molar-refractivity contribution in [1.82, 2.24) is 0 Å². The SMILES string of the molecule is CC1CC(C)(C)OB(OCCC(C)C(C)C(C)C(C)(C)C)O1. The van der Waals surface area contributed by atoms with Crippen molar-refractivity contribution in [3.05, 3.63) is 0 Å². The molecular weight excluding hydrogens is 275 g/mol. The summed E-state index contributed by atoms with van der Waals surface area (Å²) in [5.41, 5.74) is 0.186. The summed E-state index contributed by atoms with van der Waals surface area (Å²) in [5, 5.41) is 0. The quantitative estimate of drug-likeness (QED) is 0.650. The number of hydrogen-bond acceptors (Lipinski definition) is 3. The van der Waals surface area contributed by atoms with Gasteiger partial charge in [0.25, 0.3) is 0 Å². The van der Waals surface area contributed by atoms with Crippen molar-refractivity contribution >= 4 is 7.32 Å². The molecule has 0 N–H and O–H groups in total. The molecule has 3 nitrogen and oxygen atoms in total. The fourth-order valence-electron chi connectivity index (χ4n) is 3.23. The van der Waals surface area contributed by atoms with Crippen LogP contribution in [0.2, 0.25) is 0 Å². The molecule has 1 heterocycles. The molecule has 1 saturated heterocycles. The molecule has 0 aromatic heterocycles. The normalized spacial score (nSPS) is 26.6. The summed E-state index contributed by atoms with van der Waals surface area (Å²) in [4.78, 5) is 0. The molecule has 1 aliphatic heterocycles. The van der Waals surface area contributed by atoms with Crippen LogP contribution in [-0.4, -0.2) is 25.6 Å². The van der Waals surface area contributed by atoms with E-state index in [2.05, 4.69) is 62.3 Å². The summed E-state index contributed by atoms with van der Waals surface area (Å²) in [6.45, 7) is 21.0. The number of rotatable bonds is 6. The monoisotopic (exact) mass is 312 g/mol. The average molecular weight is 312 g/mol. The molecule has 4 unspecified atom stereocenters. The van der Waals surface area contributed by atoms with E-state index in [1.807, 2.05) is 0 Å². The van der Waals surface area contributed by atoms with Crippen molar-refractivity contribution in [1.29, 1.82) is 0 Å². The number of hydrogen-bond donors (Lipinski definition) is 0. The maximum absolute atomic E-state index is 5.84. The smallest absolute Gasteiger partial charge is 0.386 e. The van der Waals surface area contributed by atoms with E-state index in [4.69, 9.17) is 14.0 Å². The molecule has 0 aliphatic carbocycles. The van der Waals surface area contributed by atoms with Gasteiger partial charge in [-0.15, -0.1) is 0 Å². The summed E-state index contributed by atoms with van der Waals surface area (Å²) >= 11 is 0. The Labute approximate surface area is 138 Å². The Morgan fingerprint density at radius 1 is 1.23 bits per heavy atom. The lowest BCUT2D eigenvalue weighted by Crippen LogP contribution is -2.47. The Kier molecular flexibility index (Phi) is 6.98. The zero-order valence-corrected chi connectivity index (χ0v) is 16.2. The highest BCUT2D eigenvalue weighted by molar-refractivity contribution is 6.36. The zero-order chi connectivity index (χ0) is 17.1. The van der Waals surface area contributed by atoms with E-state index in [1.54, 1.807) is 0 Å². The molecule has 0 bridgehead atoms. The second-order valence-electron chi connectivity index (χ2n) is 8.97. The van der Waals surface area contributed by atoms with Crippen LogP contribution in [0.5, 0.6) is 0 Å². The van der Waals surface area contributed by atoms with Gasteiger partial charge in [-0.2, -0.15) is 0 Å². The molecule has 22 heavy (non-hydrogen) atoms. The highest BCUT2D eigenvalue weighted by Crippen LogP contribution is 2.36. The summed E-state index contributed by atoms with van der Waals surface area (Å²) in [7, 11) is -0.513. The van der Waals surface area contributed by atoms with E-state index >= 15 is 0 Å². The minimum Gasteiger partial charge on any atom is -0.386 e. The molecule has 0 amide bonds. The Morgan fingerprint density at radius 3 is 2.32 bits per heavy atom. The van der Waals surface area contributed by atoms with Gasteiger partial charge in [-0.3, -0.25) is 0 Å². The molecule has 4 atom stereocenters. The first kappa shape index (κ1) is 20.0. The molecule has 4 heteroatoms. The Bertz CT molecular complexity index is 338. The van der Waals surface area contributed by atoms with Crippen LogP contribution < -0.4 is 0 Å². The highest BCUT2D eigenvalue weighted by atomic mass is 16.7. The van der Waals surface area contributed by atoms with Gasteiger partial charge in [0, 0.05) is 12.7 Å². The van der Waals surface area contributed by atoms with Gasteiger partial charge >= 0.3 is 7.32 Å². The summed E-state index contributed by atoms with van der Waals surface area (Å²) in [5.74, 6) is 1.99. The van der Waals surface area contributed by atoms with Gasteiger partial charge in [0.1, 0.15) is 0 Å². The van der Waals surface area contributed by atoms with Crippen LogP contribution in [0, 0.1) is 23.2 Å². The van der Waals surface area contributed by atoms with Crippen LogP contribution in [0.1, 0.15) is 75.2 Å². The summed E-state index contributed by atoms with van der Waals surface area (Å²) < 4.78 is 17.4. The first-order valence-corrected chi connectivity index (χ1v) is 8.87. The van der Waals surface area contributed by atoms with Crippen molar-refractivity contribution in [2.24, 2.45) is 23.2 Å². The topological polar surface area (TPSA) is 27.7 Å². The predicted molar refractivity (Wildman–Crippen MR) is 93.6 cm³/mol. The lowest BCUT2D eigenvalue weighted by atomic mass is 9.70. The van der Waals surface area contributed by atoms with Crippen molar-refractivity contribution in [2.45, 2.75) is 86.9 Å². The molecule has 0 saturated carbocycles. The largest absolute Gasteiger partial charge is 0.640 e. The van der Waals surface area contributed by atoms with Crippen molar-refractivity contribution in [3.63, 3.8) is 0 Å². The van der Waals surface area contributed by atoms with Gasteiger partial charge in [0.2, 0.25) is 0 Å². The zero-order valence-electron chi connectivity index (χ0n) is 16.2. The van der Waals surface area contributed by atoms with Gasteiger partial charge < -0.3 is 14.0 Å². The van der Waals surface area contributed by atoms with Crippen LogP contribution in [0.3, 0.4) is 0 Å². The van der Waals surface area contributed by atoms with Crippen LogP contribution in [0.25, 0.3) is 0 Å². The van der Waals surface area contributed by atoms with Gasteiger partial charge in [0.05, 0.1) is 5.60 Å². The van der Waals surface area contributed by atoms with E-state index in [0.29, 0.717) is 29.8 Å². The molecule has 0 aromatic rings. The van der Waals surface area contributed by atoms with Crippen LogP contribution >= 0.6 is 0 Å². The van der Waals surface area contributed by atoms with E-state index in [0.717, 1.165) is 12.8 Å². The molecule has 1 fully saturated rings. The minimum absolute atomic E-state index is 0.165. The van der Waals surface area contributed by atoms with Gasteiger partial charge in [-0.05, 0) is 56.8 Å². The lowest BCUT2D eigenvalue weighted by molar-refractivity contribution is -0.0701. The van der Waals surface area contributed by atoms with Crippen molar-refractivity contribution in [2.75, 3.05) is 6.61 Å². The third-order valence-electron chi connectivity index (χ3n) is 5.42. The predicted octanol–water partition coefficient (Wildman–Crippen LogP) is 4.94. The van der Waals surface area contributed by atoms with Crippen molar-refractivity contribution < 1.29 is 14.0 Å². The van der Waals surface area contributed by atoms with Crippen molar-refractivity contribution in [3.8, 4) is 0 Å². The van der Waals surface area contributed by atoms with Crippen LogP contribution in [0.4, 0.5) is 0 Å². The Hall–Kier alpha value is -0.0551. The fraction of sp³-hybridized carbons (Fsp3) is 1.00. The van der Waals surface area contributed by atoms with Gasteiger partial charge in [-0.25, -0.2) is 0 Å². The third kappa shape index (κ3) is 6.21. The maximum Gasteiger partial charge on any atom is 0.640 e. The lowest BCUT2D eigenvalue weighted by Gasteiger charge is -2.38. The molecule has 0 spiro atoms. The third-order valence-corrected chi connectivity index (χ3v) is 5.42. The second-order valence-corrected chi connectivity index (χ2v) is 8.97. The molecule has 1 rings (SSSR count). The molecule has 130 valence electrons. The standard InChI is InChI=1S/C18H37BO3/c1-13(15(3)16(4)17(5,6)7)10-11-20-19-21-14(2)12-18(8,9)22-19/h13-16H,10-12H2,1-9H3. The minimum atomic E-state index is -0.513. The summed E-state index contributed by atoms with van der Waals surface area (Å²) in [6, 6.07) is 0. The van der Waals surface area contributed by atoms with E-state index in [9.17, 15) is 0 Å². The Morgan fingerprint density at radius 2 is 1.82 bits per heavy atom. The van der Waals surface area contributed by atoms with E-state index in [-0.39, 0.29) is 11.7 Å².